The van der Waals surface area contributed by atoms with Crippen LogP contribution < -0.4 is 14.8 Å². The van der Waals surface area contributed by atoms with Crippen LogP contribution in [0, 0.1) is 12.7 Å². The van der Waals surface area contributed by atoms with Gasteiger partial charge in [0.25, 0.3) is 0 Å². The molecule has 0 spiro atoms. The number of anilines is 1. The fourth-order valence-corrected chi connectivity index (χ4v) is 3.99. The van der Waals surface area contributed by atoms with Crippen LogP contribution in [-0.4, -0.2) is 29.3 Å². The summed E-state index contributed by atoms with van der Waals surface area (Å²) in [5.74, 6) is 1.20. The van der Waals surface area contributed by atoms with Crippen LogP contribution in [0.15, 0.2) is 42.6 Å². The fraction of sp³-hybridized carbons (Fsp3) is 0.273. The number of hydrogen-bond donors (Lipinski definition) is 1. The highest BCUT2D eigenvalue weighted by molar-refractivity contribution is 7.15. The van der Waals surface area contributed by atoms with Crippen molar-refractivity contribution >= 4 is 22.5 Å². The molecule has 1 aliphatic rings. The first-order chi connectivity index (χ1) is 14.5. The number of ether oxygens (including phenoxy) is 2. The number of hydrogen-bond acceptors (Lipinski definition) is 5. The Morgan fingerprint density at radius 2 is 2.00 bits per heavy atom. The molecule has 156 valence electrons. The van der Waals surface area contributed by atoms with Gasteiger partial charge in [0.05, 0.1) is 0 Å². The SMILES string of the molecule is CCN(Cc1ccc2c(c1)OCO2)C(=O)Nc1ncc(Cc2ccc(C)c(F)c2)s1. The highest BCUT2D eigenvalue weighted by Gasteiger charge is 2.17. The number of urea groups is 1. The molecular weight excluding hydrogens is 405 g/mol. The standard InChI is InChI=1S/C22H22FN3O3S/c1-3-26(12-16-6-7-19-20(10-16)29-13-28-19)22(27)25-21-24-11-17(30-21)8-15-5-4-14(2)18(23)9-15/h4-7,9-11H,3,8,12-13H2,1-2H3,(H,24,25,27). The van der Waals surface area contributed by atoms with Gasteiger partial charge in [0.1, 0.15) is 5.82 Å². The van der Waals surface area contributed by atoms with Crippen molar-refractivity contribution in [2.45, 2.75) is 26.8 Å². The number of thiazole rings is 1. The maximum atomic E-state index is 13.7. The van der Waals surface area contributed by atoms with Gasteiger partial charge >= 0.3 is 6.03 Å². The summed E-state index contributed by atoms with van der Waals surface area (Å²) in [6, 6.07) is 10.6. The van der Waals surface area contributed by atoms with E-state index in [0.717, 1.165) is 21.8 Å². The summed E-state index contributed by atoms with van der Waals surface area (Å²) in [5, 5.41) is 3.38. The summed E-state index contributed by atoms with van der Waals surface area (Å²) in [4.78, 5) is 19.6. The lowest BCUT2D eigenvalue weighted by molar-refractivity contribution is 0.174. The average molecular weight is 428 g/mol. The summed E-state index contributed by atoms with van der Waals surface area (Å²) in [7, 11) is 0. The van der Waals surface area contributed by atoms with Crippen LogP contribution in [0.4, 0.5) is 14.3 Å². The Kier molecular flexibility index (Phi) is 5.85. The lowest BCUT2D eigenvalue weighted by Crippen LogP contribution is -2.34. The van der Waals surface area contributed by atoms with E-state index >= 15 is 0 Å². The number of nitrogens with zero attached hydrogens (tertiary/aromatic N) is 2. The topological polar surface area (TPSA) is 63.7 Å². The number of rotatable bonds is 6. The lowest BCUT2D eigenvalue weighted by atomic mass is 10.1. The predicted molar refractivity (Wildman–Crippen MR) is 114 cm³/mol. The number of halogens is 1. The zero-order valence-corrected chi connectivity index (χ0v) is 17.6. The summed E-state index contributed by atoms with van der Waals surface area (Å²) >= 11 is 1.39. The van der Waals surface area contributed by atoms with E-state index in [1.807, 2.05) is 31.2 Å². The monoisotopic (exact) mass is 427 g/mol. The summed E-state index contributed by atoms with van der Waals surface area (Å²) < 4.78 is 24.5. The van der Waals surface area contributed by atoms with Crippen molar-refractivity contribution in [3.05, 3.63) is 70.0 Å². The van der Waals surface area contributed by atoms with Gasteiger partial charge in [-0.3, -0.25) is 5.32 Å². The molecule has 0 saturated carbocycles. The van der Waals surface area contributed by atoms with Crippen molar-refractivity contribution in [2.75, 3.05) is 18.7 Å². The molecule has 30 heavy (non-hydrogen) atoms. The van der Waals surface area contributed by atoms with E-state index < -0.39 is 0 Å². The highest BCUT2D eigenvalue weighted by atomic mass is 32.1. The van der Waals surface area contributed by atoms with E-state index in [1.54, 1.807) is 24.1 Å². The molecule has 6 nitrogen and oxygen atoms in total. The third kappa shape index (κ3) is 4.54. The van der Waals surface area contributed by atoms with Crippen LogP contribution in [0.25, 0.3) is 0 Å². The molecule has 0 saturated heterocycles. The molecule has 3 aromatic rings. The van der Waals surface area contributed by atoms with Crippen molar-refractivity contribution in [2.24, 2.45) is 0 Å². The average Bonchev–Trinajstić information content (AvgIpc) is 3.37. The minimum atomic E-state index is -0.225. The summed E-state index contributed by atoms with van der Waals surface area (Å²) in [5.41, 5.74) is 2.45. The van der Waals surface area contributed by atoms with Gasteiger partial charge in [-0.2, -0.15) is 0 Å². The van der Waals surface area contributed by atoms with E-state index in [9.17, 15) is 9.18 Å². The van der Waals surface area contributed by atoms with Crippen molar-refractivity contribution in [1.29, 1.82) is 0 Å². The number of aromatic nitrogens is 1. The second kappa shape index (κ2) is 8.71. The Balaban J connectivity index is 1.38. The molecule has 0 aliphatic carbocycles. The quantitative estimate of drug-likeness (QED) is 0.604. The zero-order valence-electron chi connectivity index (χ0n) is 16.8. The van der Waals surface area contributed by atoms with Gasteiger partial charge < -0.3 is 14.4 Å². The van der Waals surface area contributed by atoms with Gasteiger partial charge in [-0.1, -0.05) is 18.2 Å². The maximum Gasteiger partial charge on any atom is 0.323 e. The number of aryl methyl sites for hydroxylation is 1. The zero-order chi connectivity index (χ0) is 21.1. The van der Waals surface area contributed by atoms with Gasteiger partial charge in [-0.25, -0.2) is 14.2 Å². The molecular formula is C22H22FN3O3S. The first-order valence-corrected chi connectivity index (χ1v) is 10.5. The number of benzene rings is 2. The van der Waals surface area contributed by atoms with Crippen molar-refractivity contribution in [3.63, 3.8) is 0 Å². The number of nitrogens with one attached hydrogen (secondary N) is 1. The molecule has 1 N–H and O–H groups in total. The van der Waals surface area contributed by atoms with Crippen molar-refractivity contribution in [1.82, 2.24) is 9.88 Å². The smallest absolute Gasteiger partial charge is 0.323 e. The normalized spacial score (nSPS) is 12.1. The minimum absolute atomic E-state index is 0.215. The Hall–Kier alpha value is -3.13. The van der Waals surface area contributed by atoms with Gasteiger partial charge in [-0.05, 0) is 48.7 Å². The second-order valence-corrected chi connectivity index (χ2v) is 8.14. The van der Waals surface area contributed by atoms with E-state index in [-0.39, 0.29) is 18.6 Å². The van der Waals surface area contributed by atoms with Gasteiger partial charge in [0.15, 0.2) is 16.6 Å². The van der Waals surface area contributed by atoms with Crippen molar-refractivity contribution in [3.8, 4) is 11.5 Å². The van der Waals surface area contributed by atoms with Crippen LogP contribution in [0.2, 0.25) is 0 Å². The number of amides is 2. The summed E-state index contributed by atoms with van der Waals surface area (Å²) in [6.07, 6.45) is 2.28. The fourth-order valence-electron chi connectivity index (χ4n) is 3.15. The van der Waals surface area contributed by atoms with E-state index in [1.165, 1.54) is 17.4 Å². The number of carbonyl (C=O) groups excluding carboxylic acids is 1. The largest absolute Gasteiger partial charge is 0.454 e. The maximum absolute atomic E-state index is 13.7. The minimum Gasteiger partial charge on any atom is -0.454 e. The summed E-state index contributed by atoms with van der Waals surface area (Å²) in [6.45, 7) is 4.87. The Morgan fingerprint density at radius 3 is 2.80 bits per heavy atom. The predicted octanol–water partition coefficient (Wildman–Crippen LogP) is 4.96. The molecule has 0 fully saturated rings. The van der Waals surface area contributed by atoms with Gasteiger partial charge in [-0.15, -0.1) is 11.3 Å². The van der Waals surface area contributed by atoms with Gasteiger partial charge in [0.2, 0.25) is 6.79 Å². The third-order valence-electron chi connectivity index (χ3n) is 4.86. The van der Waals surface area contributed by atoms with Crippen LogP contribution in [0.1, 0.15) is 28.5 Å². The van der Waals surface area contributed by atoms with Crippen LogP contribution >= 0.6 is 11.3 Å². The third-order valence-corrected chi connectivity index (χ3v) is 5.77. The van der Waals surface area contributed by atoms with Crippen molar-refractivity contribution < 1.29 is 18.7 Å². The Morgan fingerprint density at radius 1 is 1.20 bits per heavy atom. The molecule has 4 rings (SSSR count). The molecule has 0 radical (unpaired) electrons. The first kappa shape index (κ1) is 20.2. The molecule has 2 aromatic carbocycles. The molecule has 0 bridgehead atoms. The van der Waals surface area contributed by atoms with Crippen LogP contribution in [0.5, 0.6) is 11.5 Å². The van der Waals surface area contributed by atoms with E-state index in [0.29, 0.717) is 36.0 Å². The molecule has 1 aliphatic heterocycles. The molecule has 0 unspecified atom stereocenters. The number of fused-ring (bicyclic) bond motifs is 1. The van der Waals surface area contributed by atoms with E-state index in [4.69, 9.17) is 9.47 Å². The molecule has 2 amide bonds. The highest BCUT2D eigenvalue weighted by Crippen LogP contribution is 2.33. The van der Waals surface area contributed by atoms with Gasteiger partial charge in [0, 0.05) is 30.6 Å². The van der Waals surface area contributed by atoms with Crippen LogP contribution in [-0.2, 0) is 13.0 Å². The Bertz CT molecular complexity index is 1070. The molecule has 0 atom stereocenters. The lowest BCUT2D eigenvalue weighted by Gasteiger charge is -2.20. The Labute approximate surface area is 178 Å². The number of carbonyl (C=O) groups is 1. The first-order valence-electron chi connectivity index (χ1n) is 9.66. The molecule has 1 aromatic heterocycles. The van der Waals surface area contributed by atoms with E-state index in [2.05, 4.69) is 10.3 Å². The second-order valence-electron chi connectivity index (χ2n) is 7.02. The molecule has 8 heteroatoms. The van der Waals surface area contributed by atoms with Crippen LogP contribution in [0.3, 0.4) is 0 Å². The molecule has 2 heterocycles.